The molecule has 0 radical (unpaired) electrons. The van der Waals surface area contributed by atoms with Gasteiger partial charge in [0.05, 0.1) is 0 Å². The second-order valence-corrected chi connectivity index (χ2v) is 8.68. The Morgan fingerprint density at radius 2 is 2.00 bits per heavy atom. The molecule has 3 aliphatic carbocycles. The Morgan fingerprint density at radius 1 is 1.27 bits per heavy atom. The summed E-state index contributed by atoms with van der Waals surface area (Å²) in [6, 6.07) is 0. The van der Waals surface area contributed by atoms with Crippen LogP contribution in [0.5, 0.6) is 0 Å². The van der Waals surface area contributed by atoms with Crippen LogP contribution in [-0.4, -0.2) is 5.97 Å². The van der Waals surface area contributed by atoms with Crippen LogP contribution in [-0.2, 0) is 4.79 Å². The van der Waals surface area contributed by atoms with E-state index in [9.17, 15) is 9.90 Å². The second kappa shape index (κ2) is 4.97. The first-order valence-electron chi connectivity index (χ1n) is 8.82. The quantitative estimate of drug-likeness (QED) is 0.726. The van der Waals surface area contributed by atoms with E-state index in [0.29, 0.717) is 5.92 Å². The average Bonchev–Trinajstić information content (AvgIpc) is 2.46. The Balaban J connectivity index is 1.99. The molecule has 3 aliphatic rings. The van der Waals surface area contributed by atoms with Gasteiger partial charge in [-0.25, -0.2) is 0 Å². The van der Waals surface area contributed by atoms with Gasteiger partial charge < -0.3 is 9.90 Å². The summed E-state index contributed by atoms with van der Waals surface area (Å²) in [5.74, 6) is -0.0187. The predicted molar refractivity (Wildman–Crippen MR) is 86.9 cm³/mol. The Labute approximate surface area is 134 Å². The fourth-order valence-electron chi connectivity index (χ4n) is 5.93. The van der Waals surface area contributed by atoms with Gasteiger partial charge in [0.15, 0.2) is 0 Å². The van der Waals surface area contributed by atoms with Gasteiger partial charge in [0.1, 0.15) is 0 Å². The lowest BCUT2D eigenvalue weighted by molar-refractivity contribution is -0.326. The first-order valence-corrected chi connectivity index (χ1v) is 8.82. The van der Waals surface area contributed by atoms with Crippen LogP contribution in [0.15, 0.2) is 24.3 Å². The number of rotatable bonds is 2. The number of carbonyl (C=O) groups excluding carboxylic acids is 1. The third-order valence-corrected chi connectivity index (χ3v) is 7.36. The van der Waals surface area contributed by atoms with E-state index in [1.807, 2.05) is 6.92 Å². The zero-order valence-electron chi connectivity index (χ0n) is 14.3. The van der Waals surface area contributed by atoms with Crippen molar-refractivity contribution < 1.29 is 9.90 Å². The average molecular weight is 301 g/mol. The van der Waals surface area contributed by atoms with Crippen LogP contribution in [0, 0.1) is 28.1 Å². The highest BCUT2D eigenvalue weighted by atomic mass is 16.4. The molecule has 0 unspecified atom stereocenters. The number of carboxylic acids is 1. The molecule has 2 heteroatoms. The van der Waals surface area contributed by atoms with Gasteiger partial charge in [-0.3, -0.25) is 0 Å². The molecule has 0 saturated heterocycles. The van der Waals surface area contributed by atoms with E-state index in [1.165, 1.54) is 6.42 Å². The molecule has 5 atom stereocenters. The van der Waals surface area contributed by atoms with Gasteiger partial charge in [0, 0.05) is 16.8 Å². The lowest BCUT2D eigenvalue weighted by atomic mass is 9.45. The topological polar surface area (TPSA) is 40.1 Å². The fourth-order valence-corrected chi connectivity index (χ4v) is 5.93. The molecule has 0 N–H and O–H groups in total. The molecular weight excluding hydrogens is 272 g/mol. The summed E-state index contributed by atoms with van der Waals surface area (Å²) < 4.78 is 0. The molecule has 0 heterocycles. The highest BCUT2D eigenvalue weighted by Crippen LogP contribution is 2.63. The zero-order chi connectivity index (χ0) is 16.2. The lowest BCUT2D eigenvalue weighted by Crippen LogP contribution is -2.57. The first kappa shape index (κ1) is 15.8. The van der Waals surface area contributed by atoms with Crippen LogP contribution in [0.4, 0.5) is 0 Å². The Bertz CT molecular complexity index is 534. The van der Waals surface area contributed by atoms with Crippen molar-refractivity contribution in [2.45, 2.75) is 65.7 Å². The molecule has 2 saturated carbocycles. The first-order chi connectivity index (χ1) is 10.3. The van der Waals surface area contributed by atoms with Crippen molar-refractivity contribution in [1.29, 1.82) is 0 Å². The van der Waals surface area contributed by atoms with Crippen LogP contribution in [0.1, 0.15) is 65.7 Å². The van der Waals surface area contributed by atoms with Crippen LogP contribution in [0.2, 0.25) is 0 Å². The number of hydrogen-bond donors (Lipinski definition) is 0. The van der Waals surface area contributed by atoms with Gasteiger partial charge in [0.2, 0.25) is 0 Å². The van der Waals surface area contributed by atoms with Gasteiger partial charge in [-0.15, -0.1) is 6.58 Å². The molecule has 2 nitrogen and oxygen atoms in total. The molecule has 122 valence electrons. The molecule has 22 heavy (non-hydrogen) atoms. The highest BCUT2D eigenvalue weighted by Gasteiger charge is 2.56. The molecule has 0 aromatic rings. The van der Waals surface area contributed by atoms with Crippen molar-refractivity contribution in [2.24, 2.45) is 28.1 Å². The maximum atomic E-state index is 11.8. The van der Waals surface area contributed by atoms with Gasteiger partial charge in [-0.2, -0.15) is 0 Å². The summed E-state index contributed by atoms with van der Waals surface area (Å²) >= 11 is 0. The SMILES string of the molecule is C=C[C@@]1(C)C=C2CC[C@@H]3[C@](C)(CCC[C@@]3(C)C(=O)[O-])[C@H]2CC1. The minimum Gasteiger partial charge on any atom is -0.550 e. The second-order valence-electron chi connectivity index (χ2n) is 8.68. The van der Waals surface area contributed by atoms with Gasteiger partial charge in [-0.1, -0.05) is 44.9 Å². The van der Waals surface area contributed by atoms with E-state index in [0.717, 1.165) is 38.5 Å². The molecule has 0 aromatic carbocycles. The third kappa shape index (κ3) is 2.10. The van der Waals surface area contributed by atoms with Crippen molar-refractivity contribution >= 4 is 5.97 Å². The van der Waals surface area contributed by atoms with Crippen LogP contribution >= 0.6 is 0 Å². The van der Waals surface area contributed by atoms with Crippen molar-refractivity contribution in [3.8, 4) is 0 Å². The monoisotopic (exact) mass is 301 g/mol. The van der Waals surface area contributed by atoms with Gasteiger partial charge in [0.25, 0.3) is 0 Å². The normalized spacial score (nSPS) is 47.9. The molecule has 2 fully saturated rings. The number of aliphatic carboxylic acids is 1. The standard InChI is InChI=1S/C20H30O2/c1-5-18(2)12-9-15-14(13-18)7-8-16-19(15,3)10-6-11-20(16,4)17(21)22/h5,13,15-16H,1,6-12H2,2-4H3,(H,21,22)/p-1/t15-,16+,18+,19+,20+/m0/s1. The van der Waals surface area contributed by atoms with Crippen molar-refractivity contribution in [3.63, 3.8) is 0 Å². The fraction of sp³-hybridized carbons (Fsp3) is 0.750. The molecule has 0 amide bonds. The summed E-state index contributed by atoms with van der Waals surface area (Å²) in [5.41, 5.74) is 1.17. The molecule has 0 spiro atoms. The van der Waals surface area contributed by atoms with Crippen molar-refractivity contribution in [2.75, 3.05) is 0 Å². The minimum atomic E-state index is -0.831. The summed E-state index contributed by atoms with van der Waals surface area (Å²) in [7, 11) is 0. The molecule has 0 aliphatic heterocycles. The van der Waals surface area contributed by atoms with Crippen LogP contribution in [0.25, 0.3) is 0 Å². The van der Waals surface area contributed by atoms with Crippen LogP contribution < -0.4 is 5.11 Å². The molecular formula is C20H29O2-. The zero-order valence-corrected chi connectivity index (χ0v) is 14.3. The Hall–Kier alpha value is -1.05. The molecule has 0 bridgehead atoms. The van der Waals surface area contributed by atoms with E-state index in [-0.39, 0.29) is 16.7 Å². The van der Waals surface area contributed by atoms with E-state index in [1.54, 1.807) is 5.57 Å². The van der Waals surface area contributed by atoms with Crippen LogP contribution in [0.3, 0.4) is 0 Å². The summed E-state index contributed by atoms with van der Waals surface area (Å²) in [6.45, 7) is 10.6. The smallest absolute Gasteiger partial charge is 0.0476 e. The largest absolute Gasteiger partial charge is 0.550 e. The third-order valence-electron chi connectivity index (χ3n) is 7.36. The van der Waals surface area contributed by atoms with E-state index < -0.39 is 11.4 Å². The molecule has 0 aromatic heterocycles. The number of fused-ring (bicyclic) bond motifs is 3. The maximum absolute atomic E-state index is 11.8. The maximum Gasteiger partial charge on any atom is 0.0476 e. The Kier molecular flexibility index (Phi) is 3.58. The predicted octanol–water partition coefficient (Wildman–Crippen LogP) is 3.87. The number of hydrogen-bond acceptors (Lipinski definition) is 2. The summed E-state index contributed by atoms with van der Waals surface area (Å²) in [4.78, 5) is 11.8. The number of carboxylic acid groups (broad SMARTS) is 1. The van der Waals surface area contributed by atoms with E-state index in [4.69, 9.17) is 0 Å². The van der Waals surface area contributed by atoms with E-state index in [2.05, 4.69) is 32.6 Å². The minimum absolute atomic E-state index is 0.125. The van der Waals surface area contributed by atoms with Crippen molar-refractivity contribution in [1.82, 2.24) is 0 Å². The molecule has 3 rings (SSSR count). The van der Waals surface area contributed by atoms with Crippen molar-refractivity contribution in [3.05, 3.63) is 24.3 Å². The number of allylic oxidation sites excluding steroid dienone is 3. The van der Waals surface area contributed by atoms with Gasteiger partial charge >= 0.3 is 0 Å². The Morgan fingerprint density at radius 3 is 2.64 bits per heavy atom. The van der Waals surface area contributed by atoms with Gasteiger partial charge in [-0.05, 0) is 55.8 Å². The summed E-state index contributed by atoms with van der Waals surface area (Å²) in [6.07, 6.45) is 11.8. The highest BCUT2D eigenvalue weighted by molar-refractivity contribution is 5.73. The van der Waals surface area contributed by atoms with E-state index >= 15 is 0 Å². The lowest BCUT2D eigenvalue weighted by Gasteiger charge is -2.60. The summed E-state index contributed by atoms with van der Waals surface area (Å²) in [5, 5.41) is 11.8. The number of carbonyl (C=O) groups is 1.